The molecular weight excluding hydrogens is 407 g/mol. The van der Waals surface area contributed by atoms with Crippen LogP contribution in [0, 0.1) is 11.3 Å². The van der Waals surface area contributed by atoms with E-state index in [4.69, 9.17) is 23.2 Å². The van der Waals surface area contributed by atoms with Crippen LogP contribution in [0.3, 0.4) is 0 Å². The van der Waals surface area contributed by atoms with Gasteiger partial charge < -0.3 is 0 Å². The van der Waals surface area contributed by atoms with E-state index in [1.54, 1.807) is 30.6 Å². The predicted molar refractivity (Wildman–Crippen MR) is 112 cm³/mol. The van der Waals surface area contributed by atoms with Crippen LogP contribution in [-0.4, -0.2) is 16.8 Å². The van der Waals surface area contributed by atoms with Crippen LogP contribution in [0.2, 0.25) is 10.0 Å². The van der Waals surface area contributed by atoms with Crippen molar-refractivity contribution >= 4 is 40.7 Å². The van der Waals surface area contributed by atoms with E-state index in [1.807, 2.05) is 49.4 Å². The number of carbonyl (C=O) groups is 2. The summed E-state index contributed by atoms with van der Waals surface area (Å²) in [7, 11) is 0. The topological polar surface area (TPSA) is 50.3 Å². The average molecular weight is 423 g/mol. The summed E-state index contributed by atoms with van der Waals surface area (Å²) in [5, 5.41) is 0.754. The third-order valence-electron chi connectivity index (χ3n) is 6.33. The van der Waals surface area contributed by atoms with E-state index < -0.39 is 16.7 Å². The van der Waals surface area contributed by atoms with E-state index in [1.165, 1.54) is 4.90 Å². The minimum Gasteiger partial charge on any atom is -0.274 e. The summed E-state index contributed by atoms with van der Waals surface area (Å²) in [4.78, 5) is 32.6. The van der Waals surface area contributed by atoms with Gasteiger partial charge in [0.05, 0.1) is 17.0 Å². The number of piperidine rings is 1. The van der Waals surface area contributed by atoms with Crippen molar-refractivity contribution < 1.29 is 9.59 Å². The second-order valence-electron chi connectivity index (χ2n) is 7.65. The molecule has 2 aromatic carbocycles. The molecule has 2 amide bonds. The molecule has 2 heterocycles. The first-order valence-corrected chi connectivity index (χ1v) is 9.98. The third-order valence-corrected chi connectivity index (χ3v) is 6.77. The molecule has 3 atom stereocenters. The minimum absolute atomic E-state index is 0.239. The third kappa shape index (κ3) is 2.24. The van der Waals surface area contributed by atoms with Crippen LogP contribution in [0.5, 0.6) is 0 Å². The lowest BCUT2D eigenvalue weighted by atomic mass is 9.79. The normalized spacial score (nSPS) is 27.8. The van der Waals surface area contributed by atoms with Crippen molar-refractivity contribution in [3.05, 3.63) is 94.2 Å². The minimum atomic E-state index is -0.901. The van der Waals surface area contributed by atoms with Crippen LogP contribution >= 0.6 is 23.2 Å². The number of rotatable bonds is 3. The second-order valence-corrected chi connectivity index (χ2v) is 8.52. The molecular formula is C23H16Cl2N2O2. The second kappa shape index (κ2) is 6.15. The molecule has 2 fully saturated rings. The Morgan fingerprint density at radius 1 is 0.897 bits per heavy atom. The quantitative estimate of drug-likeness (QED) is 0.564. The molecule has 1 aromatic heterocycles. The zero-order valence-electron chi connectivity index (χ0n) is 15.5. The van der Waals surface area contributed by atoms with Gasteiger partial charge >= 0.3 is 0 Å². The fourth-order valence-electron chi connectivity index (χ4n) is 5.13. The van der Waals surface area contributed by atoms with Crippen molar-refractivity contribution in [3.8, 4) is 0 Å². The van der Waals surface area contributed by atoms with Gasteiger partial charge in [-0.1, -0.05) is 53.5 Å². The Hall–Kier alpha value is -2.69. The number of hydrogen-bond acceptors (Lipinski definition) is 3. The fourth-order valence-corrected chi connectivity index (χ4v) is 5.65. The Bertz CT molecular complexity index is 1090. The van der Waals surface area contributed by atoms with Gasteiger partial charge in [-0.05, 0) is 48.4 Å². The van der Waals surface area contributed by atoms with Gasteiger partial charge in [0.1, 0.15) is 0 Å². The summed E-state index contributed by atoms with van der Waals surface area (Å²) in [6.45, 7) is 1.87. The number of fused-ring (bicyclic) bond motifs is 1. The SMILES string of the molecule is C[C@]12C(=O)N(c3cc(Cl)cc(Cl)c3)C(=O)C1[C@]2(c1ccccc1)c1ccncc1. The van der Waals surface area contributed by atoms with Gasteiger partial charge in [0.2, 0.25) is 11.8 Å². The average Bonchev–Trinajstić information content (AvgIpc) is 3.23. The van der Waals surface area contributed by atoms with Crippen molar-refractivity contribution in [1.82, 2.24) is 4.98 Å². The lowest BCUT2D eigenvalue weighted by Crippen LogP contribution is -2.42. The Morgan fingerprint density at radius 3 is 2.03 bits per heavy atom. The number of amides is 2. The summed E-state index contributed by atoms with van der Waals surface area (Å²) in [6.07, 6.45) is 3.39. The molecule has 6 heteroatoms. The number of imide groups is 1. The standard InChI is InChI=1S/C23H16Cl2N2O2/c1-22-19(20(28)27(21(22)29)18-12-16(24)11-17(25)13-18)23(22,14-5-3-2-4-6-14)15-7-9-26-10-8-15/h2-13,19H,1H3/t19?,22-,23+/m1/s1. The Morgan fingerprint density at radius 2 is 1.48 bits per heavy atom. The molecule has 1 unspecified atom stereocenters. The van der Waals surface area contributed by atoms with Crippen molar-refractivity contribution in [2.24, 2.45) is 11.3 Å². The highest BCUT2D eigenvalue weighted by Gasteiger charge is 2.86. The van der Waals surface area contributed by atoms with Gasteiger partial charge in [0, 0.05) is 27.9 Å². The fraction of sp³-hybridized carbons (Fsp3) is 0.174. The molecule has 0 radical (unpaired) electrons. The first-order chi connectivity index (χ1) is 13.9. The van der Waals surface area contributed by atoms with Gasteiger partial charge in [-0.25, -0.2) is 4.90 Å². The Kier molecular flexibility index (Phi) is 3.89. The highest BCUT2D eigenvalue weighted by atomic mass is 35.5. The van der Waals surface area contributed by atoms with Crippen LogP contribution in [0.15, 0.2) is 73.1 Å². The first-order valence-electron chi connectivity index (χ1n) is 9.23. The van der Waals surface area contributed by atoms with Crippen LogP contribution < -0.4 is 4.90 Å². The van der Waals surface area contributed by atoms with E-state index in [0.717, 1.165) is 11.1 Å². The smallest absolute Gasteiger partial charge is 0.241 e. The van der Waals surface area contributed by atoms with E-state index in [-0.39, 0.29) is 11.8 Å². The Labute approximate surface area is 178 Å². The molecule has 5 rings (SSSR count). The number of pyridine rings is 1. The van der Waals surface area contributed by atoms with Gasteiger partial charge in [0.25, 0.3) is 0 Å². The maximum absolute atomic E-state index is 13.7. The number of nitrogens with zero attached hydrogens (tertiary/aromatic N) is 2. The first kappa shape index (κ1) is 18.3. The summed E-state index contributed by atoms with van der Waals surface area (Å²) in [5.74, 6) is -0.993. The van der Waals surface area contributed by atoms with Gasteiger partial charge in [-0.15, -0.1) is 0 Å². The van der Waals surface area contributed by atoms with Gasteiger partial charge in [-0.3, -0.25) is 14.6 Å². The lowest BCUT2D eigenvalue weighted by molar-refractivity contribution is -0.125. The molecule has 0 N–H and O–H groups in total. The molecule has 0 spiro atoms. The number of anilines is 1. The van der Waals surface area contributed by atoms with Crippen LogP contribution in [0.1, 0.15) is 18.1 Å². The molecule has 1 saturated heterocycles. The van der Waals surface area contributed by atoms with E-state index in [0.29, 0.717) is 15.7 Å². The molecule has 144 valence electrons. The van der Waals surface area contributed by atoms with Gasteiger partial charge in [0.15, 0.2) is 0 Å². The zero-order valence-corrected chi connectivity index (χ0v) is 17.0. The largest absolute Gasteiger partial charge is 0.274 e. The van der Waals surface area contributed by atoms with Crippen molar-refractivity contribution in [2.75, 3.05) is 4.90 Å². The predicted octanol–water partition coefficient (Wildman–Crippen LogP) is 4.88. The summed E-state index contributed by atoms with van der Waals surface area (Å²) >= 11 is 12.2. The molecule has 4 nitrogen and oxygen atoms in total. The molecule has 1 aliphatic heterocycles. The molecule has 3 aromatic rings. The van der Waals surface area contributed by atoms with Crippen LogP contribution in [-0.2, 0) is 15.0 Å². The van der Waals surface area contributed by atoms with Crippen LogP contribution in [0.25, 0.3) is 0 Å². The highest BCUT2D eigenvalue weighted by Crippen LogP contribution is 2.76. The van der Waals surface area contributed by atoms with E-state index in [2.05, 4.69) is 4.98 Å². The maximum Gasteiger partial charge on any atom is 0.241 e. The molecule has 29 heavy (non-hydrogen) atoms. The number of benzene rings is 2. The molecule has 1 saturated carbocycles. The molecule has 0 bridgehead atoms. The van der Waals surface area contributed by atoms with Crippen molar-refractivity contribution in [2.45, 2.75) is 12.3 Å². The number of hydrogen-bond donors (Lipinski definition) is 0. The number of aromatic nitrogens is 1. The lowest BCUT2D eigenvalue weighted by Gasteiger charge is -2.29. The monoisotopic (exact) mass is 422 g/mol. The summed E-state index contributed by atoms with van der Waals surface area (Å²) in [5.41, 5.74) is 0.648. The Balaban J connectivity index is 1.68. The zero-order chi connectivity index (χ0) is 20.4. The van der Waals surface area contributed by atoms with E-state index in [9.17, 15) is 9.59 Å². The summed E-state index contributed by atoms with van der Waals surface area (Å²) < 4.78 is 0. The highest BCUT2D eigenvalue weighted by molar-refractivity contribution is 6.36. The van der Waals surface area contributed by atoms with Crippen molar-refractivity contribution in [3.63, 3.8) is 0 Å². The van der Waals surface area contributed by atoms with Crippen LogP contribution in [0.4, 0.5) is 5.69 Å². The number of halogens is 2. The van der Waals surface area contributed by atoms with E-state index >= 15 is 0 Å². The molecule has 1 aliphatic carbocycles. The van der Waals surface area contributed by atoms with Gasteiger partial charge in [-0.2, -0.15) is 0 Å². The summed E-state index contributed by atoms with van der Waals surface area (Å²) in [6, 6.07) is 18.3. The maximum atomic E-state index is 13.7. The van der Waals surface area contributed by atoms with Crippen molar-refractivity contribution in [1.29, 1.82) is 0 Å². The molecule has 2 aliphatic rings. The number of carbonyl (C=O) groups excluding carboxylic acids is 2.